The molecule has 1 fully saturated rings. The van der Waals surface area contributed by atoms with Crippen LogP contribution in [0.25, 0.3) is 0 Å². The molecule has 1 aliphatic rings. The summed E-state index contributed by atoms with van der Waals surface area (Å²) in [6.07, 6.45) is -0.845. The van der Waals surface area contributed by atoms with Gasteiger partial charge in [0.15, 0.2) is 11.9 Å². The van der Waals surface area contributed by atoms with Crippen LogP contribution < -0.4 is 5.32 Å². The largest absolute Gasteiger partial charge is 0.479 e. The molecule has 2 heterocycles. The first-order valence-corrected chi connectivity index (χ1v) is 5.69. The lowest BCUT2D eigenvalue weighted by Gasteiger charge is -2.10. The van der Waals surface area contributed by atoms with Crippen LogP contribution in [0, 0.1) is 13.8 Å². The number of aryl methyl sites for hydroxylation is 1. The van der Waals surface area contributed by atoms with Gasteiger partial charge in [-0.25, -0.2) is 4.79 Å². The number of aliphatic carboxylic acids is 1. The zero-order valence-corrected chi connectivity index (χ0v) is 10.2. The van der Waals surface area contributed by atoms with E-state index in [9.17, 15) is 9.59 Å². The molecule has 0 spiro atoms. The van der Waals surface area contributed by atoms with Gasteiger partial charge in [0.2, 0.25) is 0 Å². The number of amides is 1. The number of hydrogen-bond acceptors (Lipinski definition) is 4. The molecular weight excluding hydrogens is 238 g/mol. The topological polar surface area (TPSA) is 104 Å². The summed E-state index contributed by atoms with van der Waals surface area (Å²) in [5.74, 6) is -0.926. The fourth-order valence-electron chi connectivity index (χ4n) is 1.82. The van der Waals surface area contributed by atoms with E-state index in [0.717, 1.165) is 11.3 Å². The van der Waals surface area contributed by atoms with Crippen molar-refractivity contribution < 1.29 is 19.4 Å². The molecule has 1 aromatic heterocycles. The van der Waals surface area contributed by atoms with Crippen molar-refractivity contribution in [2.45, 2.75) is 38.9 Å². The van der Waals surface area contributed by atoms with E-state index >= 15 is 0 Å². The number of carbonyl (C=O) groups is 2. The van der Waals surface area contributed by atoms with Crippen molar-refractivity contribution in [1.82, 2.24) is 10.2 Å². The van der Waals surface area contributed by atoms with Gasteiger partial charge in [-0.3, -0.25) is 9.89 Å². The molecule has 0 saturated carbocycles. The van der Waals surface area contributed by atoms with E-state index in [1.165, 1.54) is 0 Å². The lowest BCUT2D eigenvalue weighted by atomic mass is 10.2. The minimum atomic E-state index is -1.03. The van der Waals surface area contributed by atoms with E-state index in [1.807, 2.05) is 13.8 Å². The Morgan fingerprint density at radius 1 is 1.39 bits per heavy atom. The number of H-pyrrole nitrogens is 1. The number of carboxylic acids is 1. The van der Waals surface area contributed by atoms with Gasteiger partial charge in [-0.2, -0.15) is 5.10 Å². The molecule has 98 valence electrons. The maximum absolute atomic E-state index is 11.9. The fourth-order valence-corrected chi connectivity index (χ4v) is 1.82. The number of anilines is 1. The van der Waals surface area contributed by atoms with E-state index in [0.29, 0.717) is 18.7 Å². The first-order chi connectivity index (χ1) is 8.49. The molecule has 18 heavy (non-hydrogen) atoms. The molecule has 0 bridgehead atoms. The first kappa shape index (κ1) is 12.6. The second-order valence-electron chi connectivity index (χ2n) is 4.34. The predicted octanol–water partition coefficient (Wildman–Crippen LogP) is 0.597. The zero-order chi connectivity index (χ0) is 13.3. The summed E-state index contributed by atoms with van der Waals surface area (Å²) in [6.45, 7) is 3.69. The number of carboxylic acid groups (broad SMARTS) is 1. The van der Waals surface area contributed by atoms with Gasteiger partial charge in [-0.05, 0) is 26.7 Å². The van der Waals surface area contributed by atoms with Crippen LogP contribution in [-0.2, 0) is 14.3 Å². The van der Waals surface area contributed by atoms with Crippen LogP contribution in [0.15, 0.2) is 0 Å². The molecule has 3 N–H and O–H groups in total. The maximum Gasteiger partial charge on any atom is 0.332 e. The minimum absolute atomic E-state index is 0.353. The number of carbonyl (C=O) groups excluding carboxylic acids is 1. The normalized spacial score (nSPS) is 23.0. The Bertz CT molecular complexity index is 483. The summed E-state index contributed by atoms with van der Waals surface area (Å²) < 4.78 is 5.15. The first-order valence-electron chi connectivity index (χ1n) is 5.69. The monoisotopic (exact) mass is 253 g/mol. The van der Waals surface area contributed by atoms with Crippen molar-refractivity contribution >= 4 is 17.7 Å². The van der Waals surface area contributed by atoms with Gasteiger partial charge in [-0.15, -0.1) is 0 Å². The number of hydrogen-bond donors (Lipinski definition) is 3. The van der Waals surface area contributed by atoms with Crippen molar-refractivity contribution in [2.24, 2.45) is 0 Å². The van der Waals surface area contributed by atoms with Gasteiger partial charge >= 0.3 is 5.97 Å². The van der Waals surface area contributed by atoms with Crippen LogP contribution >= 0.6 is 0 Å². The van der Waals surface area contributed by atoms with Gasteiger partial charge < -0.3 is 15.2 Å². The Morgan fingerprint density at radius 2 is 2.06 bits per heavy atom. The smallest absolute Gasteiger partial charge is 0.332 e. The summed E-state index contributed by atoms with van der Waals surface area (Å²) in [7, 11) is 0. The molecule has 0 radical (unpaired) electrons. The number of aromatic amines is 1. The van der Waals surface area contributed by atoms with Crippen molar-refractivity contribution in [3.8, 4) is 0 Å². The molecule has 0 aromatic carbocycles. The third-order valence-electron chi connectivity index (χ3n) is 3.08. The summed E-state index contributed by atoms with van der Waals surface area (Å²) in [4.78, 5) is 22.6. The highest BCUT2D eigenvalue weighted by Gasteiger charge is 2.35. The lowest BCUT2D eigenvalue weighted by Crippen LogP contribution is -2.30. The Morgan fingerprint density at radius 3 is 2.56 bits per heavy atom. The number of nitrogens with zero attached hydrogens (tertiary/aromatic N) is 1. The molecule has 1 saturated heterocycles. The molecule has 1 amide bonds. The molecule has 7 heteroatoms. The SMILES string of the molecule is Cc1[nH]nc(NC(=O)C2CCC(C(=O)O)O2)c1C. The number of ether oxygens (including phenoxy) is 1. The van der Waals surface area contributed by atoms with Crippen LogP contribution in [0.2, 0.25) is 0 Å². The van der Waals surface area contributed by atoms with E-state index in [2.05, 4.69) is 15.5 Å². The summed E-state index contributed by atoms with van der Waals surface area (Å²) in [5.41, 5.74) is 1.73. The standard InChI is InChI=1S/C11H15N3O4/c1-5-6(2)13-14-9(5)12-10(15)7-3-4-8(18-7)11(16)17/h7-8H,3-4H2,1-2H3,(H,16,17)(H2,12,13,14,15). The van der Waals surface area contributed by atoms with Crippen molar-refractivity contribution in [1.29, 1.82) is 0 Å². The number of rotatable bonds is 3. The Balaban J connectivity index is 1.97. The van der Waals surface area contributed by atoms with Crippen molar-refractivity contribution in [3.05, 3.63) is 11.3 Å². The van der Waals surface area contributed by atoms with Crippen molar-refractivity contribution in [2.75, 3.05) is 5.32 Å². The van der Waals surface area contributed by atoms with Crippen LogP contribution in [0.4, 0.5) is 5.82 Å². The van der Waals surface area contributed by atoms with E-state index < -0.39 is 18.2 Å². The molecule has 1 aliphatic heterocycles. The van der Waals surface area contributed by atoms with Crippen LogP contribution in [-0.4, -0.2) is 39.4 Å². The van der Waals surface area contributed by atoms with Gasteiger partial charge in [-0.1, -0.05) is 0 Å². The van der Waals surface area contributed by atoms with E-state index in [1.54, 1.807) is 0 Å². The van der Waals surface area contributed by atoms with Crippen LogP contribution in [0.5, 0.6) is 0 Å². The molecule has 7 nitrogen and oxygen atoms in total. The van der Waals surface area contributed by atoms with E-state index in [-0.39, 0.29) is 5.91 Å². The third kappa shape index (κ3) is 2.35. The summed E-state index contributed by atoms with van der Waals surface area (Å²) in [6, 6.07) is 0. The quantitative estimate of drug-likeness (QED) is 0.731. The summed E-state index contributed by atoms with van der Waals surface area (Å²) in [5, 5.41) is 18.1. The Hall–Kier alpha value is -1.89. The number of aromatic nitrogens is 2. The Kier molecular flexibility index (Phi) is 3.33. The Labute approximate surface area is 104 Å². The summed E-state index contributed by atoms with van der Waals surface area (Å²) >= 11 is 0. The van der Waals surface area contributed by atoms with Gasteiger partial charge in [0.05, 0.1) is 0 Å². The second-order valence-corrected chi connectivity index (χ2v) is 4.34. The average Bonchev–Trinajstić information content (AvgIpc) is 2.91. The van der Waals surface area contributed by atoms with Gasteiger partial charge in [0.25, 0.3) is 5.91 Å². The number of nitrogens with one attached hydrogen (secondary N) is 2. The van der Waals surface area contributed by atoms with Gasteiger partial charge in [0.1, 0.15) is 6.10 Å². The molecule has 2 atom stereocenters. The van der Waals surface area contributed by atoms with Crippen LogP contribution in [0.3, 0.4) is 0 Å². The van der Waals surface area contributed by atoms with Crippen molar-refractivity contribution in [3.63, 3.8) is 0 Å². The third-order valence-corrected chi connectivity index (χ3v) is 3.08. The molecule has 1 aromatic rings. The molecule has 2 rings (SSSR count). The van der Waals surface area contributed by atoms with Crippen LogP contribution in [0.1, 0.15) is 24.1 Å². The highest BCUT2D eigenvalue weighted by atomic mass is 16.5. The highest BCUT2D eigenvalue weighted by Crippen LogP contribution is 2.22. The second kappa shape index (κ2) is 4.77. The highest BCUT2D eigenvalue weighted by molar-refractivity contribution is 5.94. The maximum atomic E-state index is 11.9. The van der Waals surface area contributed by atoms with Gasteiger partial charge in [0, 0.05) is 11.3 Å². The average molecular weight is 253 g/mol. The lowest BCUT2D eigenvalue weighted by molar-refractivity contribution is -0.150. The molecular formula is C11H15N3O4. The molecule has 0 aliphatic carbocycles. The molecule has 2 unspecified atom stereocenters. The minimum Gasteiger partial charge on any atom is -0.479 e. The van der Waals surface area contributed by atoms with E-state index in [4.69, 9.17) is 9.84 Å². The fraction of sp³-hybridized carbons (Fsp3) is 0.545. The predicted molar refractivity (Wildman–Crippen MR) is 62.2 cm³/mol. The zero-order valence-electron chi connectivity index (χ0n) is 10.2.